The van der Waals surface area contributed by atoms with E-state index in [0.29, 0.717) is 0 Å². The van der Waals surface area contributed by atoms with Gasteiger partial charge in [0.2, 0.25) is 0 Å². The Labute approximate surface area is 166 Å². The van der Waals surface area contributed by atoms with Crippen molar-refractivity contribution in [2.45, 2.75) is 42.4 Å². The Morgan fingerprint density at radius 1 is 0.741 bits per heavy atom. The first-order chi connectivity index (χ1) is 13.4. The Balaban J connectivity index is 1.56. The van der Waals surface area contributed by atoms with E-state index in [1.54, 1.807) is 0 Å². The number of hydrogen-bond acceptors (Lipinski definition) is 3. The van der Waals surface area contributed by atoms with E-state index in [1.165, 1.54) is 40.4 Å². The van der Waals surface area contributed by atoms with E-state index in [1.807, 2.05) is 11.8 Å². The second-order valence-corrected chi connectivity index (χ2v) is 7.86. The van der Waals surface area contributed by atoms with Crippen LogP contribution in [0.15, 0.2) is 82.6 Å². The fourth-order valence-corrected chi connectivity index (χ4v) is 4.45. The number of nitrogens with zero attached hydrogens (tertiary/aromatic N) is 1. The van der Waals surface area contributed by atoms with Crippen LogP contribution in [0.5, 0.6) is 5.75 Å². The molecule has 1 aliphatic rings. The van der Waals surface area contributed by atoms with Crippen molar-refractivity contribution in [2.24, 2.45) is 0 Å². The van der Waals surface area contributed by atoms with E-state index < -0.39 is 0 Å². The van der Waals surface area contributed by atoms with Crippen molar-refractivity contribution in [1.82, 2.24) is 0 Å². The Hall–Kier alpha value is -2.39. The van der Waals surface area contributed by atoms with Crippen LogP contribution in [0, 0.1) is 0 Å². The van der Waals surface area contributed by atoms with Gasteiger partial charge in [0.1, 0.15) is 5.75 Å². The Kier molecular flexibility index (Phi) is 5.69. The standard InChI is InChI=1S/C24H25NOS/c1-2-3-4-9-18-26-20-16-14-19(15-17-20)25-21-10-5-7-12-23(21)27-24-13-8-6-11-22(24)25/h5-8,10-17H,2-4,9,18H2,1H3. The zero-order valence-corrected chi connectivity index (χ0v) is 16.5. The van der Waals surface area contributed by atoms with Gasteiger partial charge in [-0.15, -0.1) is 0 Å². The molecule has 3 aromatic rings. The van der Waals surface area contributed by atoms with E-state index in [4.69, 9.17) is 4.74 Å². The molecule has 0 amide bonds. The molecule has 138 valence electrons. The third-order valence-electron chi connectivity index (χ3n) is 4.79. The van der Waals surface area contributed by atoms with Crippen LogP contribution in [-0.4, -0.2) is 6.61 Å². The largest absolute Gasteiger partial charge is 0.494 e. The summed E-state index contributed by atoms with van der Waals surface area (Å²) < 4.78 is 5.91. The van der Waals surface area contributed by atoms with E-state index in [2.05, 4.69) is 84.6 Å². The fourth-order valence-electron chi connectivity index (χ4n) is 3.39. The van der Waals surface area contributed by atoms with Gasteiger partial charge in [-0.3, -0.25) is 0 Å². The molecule has 27 heavy (non-hydrogen) atoms. The summed E-state index contributed by atoms with van der Waals surface area (Å²) in [5, 5.41) is 0. The Morgan fingerprint density at radius 3 is 2.00 bits per heavy atom. The minimum Gasteiger partial charge on any atom is -0.494 e. The lowest BCUT2D eigenvalue weighted by Gasteiger charge is -2.32. The molecule has 3 aromatic carbocycles. The Morgan fingerprint density at radius 2 is 1.37 bits per heavy atom. The zero-order valence-electron chi connectivity index (χ0n) is 15.7. The van der Waals surface area contributed by atoms with E-state index in [-0.39, 0.29) is 0 Å². The first-order valence-corrected chi connectivity index (χ1v) is 10.6. The average molecular weight is 376 g/mol. The minimum absolute atomic E-state index is 0.797. The van der Waals surface area contributed by atoms with Crippen molar-refractivity contribution in [3.05, 3.63) is 72.8 Å². The molecule has 2 nitrogen and oxygen atoms in total. The van der Waals surface area contributed by atoms with Gasteiger partial charge in [0.15, 0.2) is 0 Å². The summed E-state index contributed by atoms with van der Waals surface area (Å²) in [6.45, 7) is 3.03. The second kappa shape index (κ2) is 8.53. The Bertz CT molecular complexity index is 845. The number of anilines is 3. The summed E-state index contributed by atoms with van der Waals surface area (Å²) in [5.41, 5.74) is 3.62. The lowest BCUT2D eigenvalue weighted by atomic mass is 10.2. The maximum absolute atomic E-state index is 5.91. The van der Waals surface area contributed by atoms with Crippen LogP contribution in [0.25, 0.3) is 0 Å². The molecule has 1 aliphatic heterocycles. The minimum atomic E-state index is 0.797. The molecule has 0 atom stereocenters. The van der Waals surface area contributed by atoms with Gasteiger partial charge in [-0.2, -0.15) is 0 Å². The third-order valence-corrected chi connectivity index (χ3v) is 5.92. The molecule has 3 heteroatoms. The first kappa shape index (κ1) is 18.0. The smallest absolute Gasteiger partial charge is 0.119 e. The van der Waals surface area contributed by atoms with Gasteiger partial charge in [-0.1, -0.05) is 62.2 Å². The van der Waals surface area contributed by atoms with Crippen LogP contribution in [-0.2, 0) is 0 Å². The van der Waals surface area contributed by atoms with Crippen LogP contribution < -0.4 is 9.64 Å². The van der Waals surface area contributed by atoms with E-state index in [0.717, 1.165) is 24.5 Å². The quantitative estimate of drug-likeness (QED) is 0.309. The normalized spacial score (nSPS) is 12.4. The molecular weight excluding hydrogens is 350 g/mol. The van der Waals surface area contributed by atoms with Crippen molar-refractivity contribution in [3.8, 4) is 5.75 Å². The molecule has 0 unspecified atom stereocenters. The lowest BCUT2D eigenvalue weighted by molar-refractivity contribution is 0.305. The monoisotopic (exact) mass is 375 g/mol. The van der Waals surface area contributed by atoms with Crippen molar-refractivity contribution in [3.63, 3.8) is 0 Å². The van der Waals surface area contributed by atoms with E-state index >= 15 is 0 Å². The van der Waals surface area contributed by atoms with Gasteiger partial charge < -0.3 is 9.64 Å². The van der Waals surface area contributed by atoms with Crippen LogP contribution >= 0.6 is 11.8 Å². The summed E-state index contributed by atoms with van der Waals surface area (Å²) >= 11 is 1.84. The average Bonchev–Trinajstić information content (AvgIpc) is 2.72. The van der Waals surface area contributed by atoms with Crippen LogP contribution in [0.2, 0.25) is 0 Å². The van der Waals surface area contributed by atoms with Gasteiger partial charge in [0, 0.05) is 15.5 Å². The maximum Gasteiger partial charge on any atom is 0.119 e. The molecule has 0 N–H and O–H groups in total. The number of para-hydroxylation sites is 2. The highest BCUT2D eigenvalue weighted by Gasteiger charge is 2.23. The summed E-state index contributed by atoms with van der Waals surface area (Å²) in [4.78, 5) is 4.91. The van der Waals surface area contributed by atoms with Crippen LogP contribution in [0.1, 0.15) is 32.6 Å². The molecule has 0 saturated carbocycles. The number of rotatable bonds is 7. The molecule has 0 aromatic heterocycles. The highest BCUT2D eigenvalue weighted by atomic mass is 32.2. The molecule has 0 aliphatic carbocycles. The summed E-state index contributed by atoms with van der Waals surface area (Å²) in [6, 6.07) is 25.7. The predicted molar refractivity (Wildman–Crippen MR) is 115 cm³/mol. The SMILES string of the molecule is CCCCCCOc1ccc(N2c3ccccc3Sc3ccccc32)cc1. The molecule has 1 heterocycles. The van der Waals surface area contributed by atoms with Crippen molar-refractivity contribution in [1.29, 1.82) is 0 Å². The fraction of sp³-hybridized carbons (Fsp3) is 0.250. The molecule has 0 saturated heterocycles. The zero-order chi connectivity index (χ0) is 18.5. The number of unbranched alkanes of at least 4 members (excludes halogenated alkanes) is 3. The summed E-state index contributed by atoms with van der Waals surface area (Å²) in [7, 11) is 0. The van der Waals surface area contributed by atoms with Gasteiger partial charge >= 0.3 is 0 Å². The number of benzene rings is 3. The van der Waals surface area contributed by atoms with Crippen LogP contribution in [0.4, 0.5) is 17.1 Å². The summed E-state index contributed by atoms with van der Waals surface area (Å²) in [5.74, 6) is 0.947. The predicted octanol–water partition coefficient (Wildman–Crippen LogP) is 7.58. The summed E-state index contributed by atoms with van der Waals surface area (Å²) in [6.07, 6.45) is 4.91. The van der Waals surface area contributed by atoms with Gasteiger partial charge in [0.25, 0.3) is 0 Å². The van der Waals surface area contributed by atoms with Crippen molar-refractivity contribution < 1.29 is 4.74 Å². The number of fused-ring (bicyclic) bond motifs is 2. The van der Waals surface area contributed by atoms with Crippen molar-refractivity contribution >= 4 is 28.8 Å². The van der Waals surface area contributed by atoms with Crippen LogP contribution in [0.3, 0.4) is 0 Å². The molecule has 4 rings (SSSR count). The third kappa shape index (κ3) is 3.98. The first-order valence-electron chi connectivity index (χ1n) is 9.76. The molecule has 0 bridgehead atoms. The second-order valence-electron chi connectivity index (χ2n) is 6.78. The topological polar surface area (TPSA) is 12.5 Å². The highest BCUT2D eigenvalue weighted by molar-refractivity contribution is 7.99. The number of ether oxygens (including phenoxy) is 1. The number of hydrogen-bond donors (Lipinski definition) is 0. The van der Waals surface area contributed by atoms with Gasteiger partial charge in [-0.05, 0) is 55.0 Å². The van der Waals surface area contributed by atoms with Crippen molar-refractivity contribution in [2.75, 3.05) is 11.5 Å². The van der Waals surface area contributed by atoms with E-state index in [9.17, 15) is 0 Å². The molecular formula is C24H25NOS. The highest BCUT2D eigenvalue weighted by Crippen LogP contribution is 2.51. The molecule has 0 fully saturated rings. The molecule has 0 radical (unpaired) electrons. The van der Waals surface area contributed by atoms with Gasteiger partial charge in [0.05, 0.1) is 18.0 Å². The van der Waals surface area contributed by atoms with Gasteiger partial charge in [-0.25, -0.2) is 0 Å². The maximum atomic E-state index is 5.91. The molecule has 0 spiro atoms. The lowest BCUT2D eigenvalue weighted by Crippen LogP contribution is -2.14.